The molecule has 0 radical (unpaired) electrons. The van der Waals surface area contributed by atoms with Crippen LogP contribution >= 0.6 is 0 Å². The fraction of sp³-hybridized carbons (Fsp3) is 0.200. The summed E-state index contributed by atoms with van der Waals surface area (Å²) in [5.41, 5.74) is 1.23. The number of hydrogen-bond donors (Lipinski definition) is 1. The van der Waals surface area contributed by atoms with Crippen LogP contribution in [0.5, 0.6) is 0 Å². The van der Waals surface area contributed by atoms with Gasteiger partial charge in [-0.15, -0.1) is 0 Å². The highest BCUT2D eigenvalue weighted by molar-refractivity contribution is 5.48. The molecule has 0 spiro atoms. The topological polar surface area (TPSA) is 12.0 Å². The monoisotopic (exact) mass is 147 g/mol. The van der Waals surface area contributed by atoms with E-state index in [0.29, 0.717) is 0 Å². The predicted octanol–water partition coefficient (Wildman–Crippen LogP) is 2.27. The fourth-order valence-electron chi connectivity index (χ4n) is 0.837. The van der Waals surface area contributed by atoms with Crippen molar-refractivity contribution in [3.63, 3.8) is 0 Å². The second-order valence-corrected chi connectivity index (χ2v) is 2.30. The molecule has 1 nitrogen and oxygen atoms in total. The van der Waals surface area contributed by atoms with E-state index in [9.17, 15) is 0 Å². The molecule has 1 aromatic rings. The molecule has 1 aromatic carbocycles. The number of benzene rings is 1. The smallest absolute Gasteiger partial charge is 0.0113 e. The van der Waals surface area contributed by atoms with Gasteiger partial charge in [0.15, 0.2) is 0 Å². The Balaban J connectivity index is 2.50. The lowest BCUT2D eigenvalue weighted by atomic mass is 10.2. The standard InChI is InChI=1S/C10H13N/c1-2-11-9-8-10-6-4-3-5-7-10/h3-9,11H,2H2,1H3/b9-8+. The van der Waals surface area contributed by atoms with Crippen molar-refractivity contribution in [2.75, 3.05) is 6.54 Å². The maximum atomic E-state index is 3.12. The van der Waals surface area contributed by atoms with Crippen molar-refractivity contribution < 1.29 is 0 Å². The van der Waals surface area contributed by atoms with Crippen molar-refractivity contribution in [1.82, 2.24) is 5.32 Å². The van der Waals surface area contributed by atoms with Crippen LogP contribution in [0.4, 0.5) is 0 Å². The SMILES string of the molecule is CCN/C=C/c1ccccc1. The second-order valence-electron chi connectivity index (χ2n) is 2.30. The van der Waals surface area contributed by atoms with Gasteiger partial charge in [-0.2, -0.15) is 0 Å². The molecule has 0 amide bonds. The van der Waals surface area contributed by atoms with Gasteiger partial charge in [-0.1, -0.05) is 30.3 Å². The Hall–Kier alpha value is -1.24. The first-order valence-electron chi connectivity index (χ1n) is 3.88. The minimum atomic E-state index is 0.976. The first-order valence-corrected chi connectivity index (χ1v) is 3.88. The van der Waals surface area contributed by atoms with Crippen molar-refractivity contribution >= 4 is 6.08 Å². The molecule has 1 heteroatoms. The van der Waals surface area contributed by atoms with Gasteiger partial charge in [0, 0.05) is 6.54 Å². The van der Waals surface area contributed by atoms with Gasteiger partial charge in [-0.25, -0.2) is 0 Å². The summed E-state index contributed by atoms with van der Waals surface area (Å²) in [6, 6.07) is 10.2. The molecule has 0 fully saturated rings. The molecule has 0 heterocycles. The van der Waals surface area contributed by atoms with Crippen LogP contribution in [-0.2, 0) is 0 Å². The third-order valence-corrected chi connectivity index (χ3v) is 1.40. The molecule has 0 aliphatic carbocycles. The lowest BCUT2D eigenvalue weighted by Crippen LogP contribution is -2.00. The first kappa shape index (κ1) is 7.86. The summed E-state index contributed by atoms with van der Waals surface area (Å²) < 4.78 is 0. The van der Waals surface area contributed by atoms with Crippen molar-refractivity contribution in [1.29, 1.82) is 0 Å². The van der Waals surface area contributed by atoms with E-state index in [2.05, 4.69) is 30.4 Å². The normalized spacial score (nSPS) is 10.3. The molecule has 1 N–H and O–H groups in total. The molecule has 0 atom stereocenters. The van der Waals surface area contributed by atoms with Crippen molar-refractivity contribution in [3.8, 4) is 0 Å². The quantitative estimate of drug-likeness (QED) is 0.691. The molecular formula is C10H13N. The Morgan fingerprint density at radius 1 is 1.27 bits per heavy atom. The summed E-state index contributed by atoms with van der Waals surface area (Å²) >= 11 is 0. The molecule has 0 saturated heterocycles. The average molecular weight is 147 g/mol. The van der Waals surface area contributed by atoms with Crippen LogP contribution in [0.3, 0.4) is 0 Å². The predicted molar refractivity (Wildman–Crippen MR) is 49.2 cm³/mol. The third kappa shape index (κ3) is 2.89. The molecule has 11 heavy (non-hydrogen) atoms. The molecule has 0 bridgehead atoms. The zero-order chi connectivity index (χ0) is 7.94. The van der Waals surface area contributed by atoms with Gasteiger partial charge < -0.3 is 5.32 Å². The van der Waals surface area contributed by atoms with E-state index in [4.69, 9.17) is 0 Å². The molecule has 1 rings (SSSR count). The van der Waals surface area contributed by atoms with E-state index < -0.39 is 0 Å². The highest BCUT2D eigenvalue weighted by Crippen LogP contribution is 1.99. The Morgan fingerprint density at radius 3 is 2.64 bits per heavy atom. The van der Waals surface area contributed by atoms with Crippen LogP contribution in [0.25, 0.3) is 6.08 Å². The highest BCUT2D eigenvalue weighted by atomic mass is 14.8. The van der Waals surface area contributed by atoms with Gasteiger partial charge in [0.2, 0.25) is 0 Å². The molecule has 0 saturated carbocycles. The maximum Gasteiger partial charge on any atom is 0.0113 e. The highest BCUT2D eigenvalue weighted by Gasteiger charge is 1.79. The molecule has 0 unspecified atom stereocenters. The zero-order valence-corrected chi connectivity index (χ0v) is 6.75. The van der Waals surface area contributed by atoms with E-state index >= 15 is 0 Å². The van der Waals surface area contributed by atoms with Crippen LogP contribution < -0.4 is 5.32 Å². The van der Waals surface area contributed by atoms with Crippen molar-refractivity contribution in [2.24, 2.45) is 0 Å². The second kappa shape index (κ2) is 4.56. The maximum absolute atomic E-state index is 3.12. The summed E-state index contributed by atoms with van der Waals surface area (Å²) in [5, 5.41) is 3.12. The average Bonchev–Trinajstić information content (AvgIpc) is 2.07. The van der Waals surface area contributed by atoms with Crippen molar-refractivity contribution in [2.45, 2.75) is 6.92 Å². The molecule has 0 aromatic heterocycles. The van der Waals surface area contributed by atoms with Gasteiger partial charge in [-0.05, 0) is 24.8 Å². The minimum Gasteiger partial charge on any atom is -0.391 e. The van der Waals surface area contributed by atoms with Crippen molar-refractivity contribution in [3.05, 3.63) is 42.1 Å². The fourth-order valence-corrected chi connectivity index (χ4v) is 0.837. The van der Waals surface area contributed by atoms with Gasteiger partial charge >= 0.3 is 0 Å². The molecular weight excluding hydrogens is 134 g/mol. The van der Waals surface area contributed by atoms with E-state index in [1.165, 1.54) is 5.56 Å². The largest absolute Gasteiger partial charge is 0.391 e. The first-order chi connectivity index (χ1) is 5.43. The van der Waals surface area contributed by atoms with Gasteiger partial charge in [0.1, 0.15) is 0 Å². The Morgan fingerprint density at radius 2 is 2.00 bits per heavy atom. The van der Waals surface area contributed by atoms with Crippen LogP contribution in [-0.4, -0.2) is 6.54 Å². The Kier molecular flexibility index (Phi) is 3.26. The Bertz CT molecular complexity index is 214. The summed E-state index contributed by atoms with van der Waals surface area (Å²) in [6.07, 6.45) is 4.03. The van der Waals surface area contributed by atoms with E-state index in [1.807, 2.05) is 24.4 Å². The van der Waals surface area contributed by atoms with Gasteiger partial charge in [0.25, 0.3) is 0 Å². The van der Waals surface area contributed by atoms with Gasteiger partial charge in [-0.3, -0.25) is 0 Å². The van der Waals surface area contributed by atoms with E-state index in [1.54, 1.807) is 0 Å². The van der Waals surface area contributed by atoms with Gasteiger partial charge in [0.05, 0.1) is 0 Å². The molecule has 0 aliphatic rings. The van der Waals surface area contributed by atoms with Crippen LogP contribution in [0, 0.1) is 0 Å². The van der Waals surface area contributed by atoms with Crippen LogP contribution in [0.15, 0.2) is 36.5 Å². The third-order valence-electron chi connectivity index (χ3n) is 1.40. The van der Waals surface area contributed by atoms with Crippen LogP contribution in [0.2, 0.25) is 0 Å². The summed E-state index contributed by atoms with van der Waals surface area (Å²) in [5.74, 6) is 0. The lowest BCUT2D eigenvalue weighted by molar-refractivity contribution is 0.924. The van der Waals surface area contributed by atoms with Crippen LogP contribution in [0.1, 0.15) is 12.5 Å². The number of nitrogens with one attached hydrogen (secondary N) is 1. The summed E-state index contributed by atoms with van der Waals surface area (Å²) in [4.78, 5) is 0. The molecule has 0 aliphatic heterocycles. The van der Waals surface area contributed by atoms with E-state index in [-0.39, 0.29) is 0 Å². The van der Waals surface area contributed by atoms with E-state index in [0.717, 1.165) is 6.54 Å². The zero-order valence-electron chi connectivity index (χ0n) is 6.75. The number of hydrogen-bond acceptors (Lipinski definition) is 1. The summed E-state index contributed by atoms with van der Waals surface area (Å²) in [7, 11) is 0. The minimum absolute atomic E-state index is 0.976. The Labute approximate surface area is 67.8 Å². The molecule has 58 valence electrons. The lowest BCUT2D eigenvalue weighted by Gasteiger charge is -1.92. The number of rotatable bonds is 3. The summed E-state index contributed by atoms with van der Waals surface area (Å²) in [6.45, 7) is 3.05.